The van der Waals surface area contributed by atoms with Crippen molar-refractivity contribution in [2.24, 2.45) is 5.14 Å². The van der Waals surface area contributed by atoms with E-state index < -0.39 is 27.9 Å². The lowest BCUT2D eigenvalue weighted by molar-refractivity contribution is 0.0696. The summed E-state index contributed by atoms with van der Waals surface area (Å²) < 4.78 is 23.6. The van der Waals surface area contributed by atoms with Crippen molar-refractivity contribution in [3.63, 3.8) is 0 Å². The number of aryl methyl sites for hydroxylation is 2. The lowest BCUT2D eigenvalue weighted by Crippen LogP contribution is -2.42. The number of anilines is 3. The summed E-state index contributed by atoms with van der Waals surface area (Å²) in [5.41, 5.74) is 5.65. The Morgan fingerprint density at radius 1 is 0.698 bits per heavy atom. The smallest absolute Gasteiger partial charge is 0.335 e. The highest BCUT2D eigenvalue weighted by molar-refractivity contribution is 7.89. The van der Waals surface area contributed by atoms with E-state index in [1.165, 1.54) is 23.1 Å². The number of amides is 4. The minimum atomic E-state index is -3.93. The van der Waals surface area contributed by atoms with Crippen LogP contribution in [-0.4, -0.2) is 78.3 Å². The van der Waals surface area contributed by atoms with E-state index in [2.05, 4.69) is 39.7 Å². The summed E-state index contributed by atoms with van der Waals surface area (Å²) in [4.78, 5) is 58.9. The van der Waals surface area contributed by atoms with Crippen LogP contribution < -0.4 is 21.1 Å². The lowest BCUT2D eigenvalue weighted by Gasteiger charge is -2.32. The summed E-state index contributed by atoms with van der Waals surface area (Å²) in [5.74, 6) is -1.45. The molecule has 1 heterocycles. The SMILES string of the molecule is CCC(CC)N(CCN(C)C(=O)Nc1cccc(S(N)(=O)=O)c1)Cc1cccc(C(=O)Nc2[nH]c3ccccc3c2C(=O)Nc2ccc(CCCc3ccc(C(=O)O)cc3)cc2)c1. The fourth-order valence-corrected chi connectivity index (χ4v) is 8.07. The Labute approximate surface area is 367 Å². The fourth-order valence-electron chi connectivity index (χ4n) is 7.51. The van der Waals surface area contributed by atoms with Crippen molar-refractivity contribution in [1.82, 2.24) is 14.8 Å². The second-order valence-corrected chi connectivity index (χ2v) is 17.0. The van der Waals surface area contributed by atoms with Crippen LogP contribution >= 0.6 is 0 Å². The number of sulfonamides is 1. The van der Waals surface area contributed by atoms with E-state index in [1.807, 2.05) is 78.9 Å². The number of hydrogen-bond donors (Lipinski definition) is 6. The molecule has 14 nitrogen and oxygen atoms in total. The number of para-hydroxylation sites is 1. The van der Waals surface area contributed by atoms with E-state index in [9.17, 15) is 27.6 Å². The normalized spacial score (nSPS) is 11.5. The summed E-state index contributed by atoms with van der Waals surface area (Å²) >= 11 is 0. The third kappa shape index (κ3) is 12.2. The molecule has 1 aromatic heterocycles. The third-order valence-electron chi connectivity index (χ3n) is 11.0. The maximum Gasteiger partial charge on any atom is 0.335 e. The molecule has 5 aromatic carbocycles. The second-order valence-electron chi connectivity index (χ2n) is 15.4. The van der Waals surface area contributed by atoms with Gasteiger partial charge in [0.05, 0.1) is 16.0 Å². The Hall–Kier alpha value is -6.81. The summed E-state index contributed by atoms with van der Waals surface area (Å²) in [7, 11) is -2.26. The predicted molar refractivity (Wildman–Crippen MR) is 247 cm³/mol. The first-order valence-electron chi connectivity index (χ1n) is 20.8. The lowest BCUT2D eigenvalue weighted by atomic mass is 10.0. The van der Waals surface area contributed by atoms with Crippen molar-refractivity contribution in [3.8, 4) is 0 Å². The monoisotopic (exact) mass is 871 g/mol. The first-order valence-corrected chi connectivity index (χ1v) is 22.4. The van der Waals surface area contributed by atoms with Crippen LogP contribution in [0.3, 0.4) is 0 Å². The first-order chi connectivity index (χ1) is 30.2. The third-order valence-corrected chi connectivity index (χ3v) is 11.9. The van der Waals surface area contributed by atoms with Gasteiger partial charge >= 0.3 is 12.0 Å². The van der Waals surface area contributed by atoms with Crippen LogP contribution in [0.25, 0.3) is 10.9 Å². The van der Waals surface area contributed by atoms with Gasteiger partial charge in [0.25, 0.3) is 11.8 Å². The molecule has 0 aliphatic heterocycles. The number of nitrogens with two attached hydrogens (primary N) is 1. The molecule has 7 N–H and O–H groups in total. The van der Waals surface area contributed by atoms with Crippen LogP contribution in [0, 0.1) is 0 Å². The first kappa shape index (κ1) is 45.7. The number of carbonyl (C=O) groups excluding carboxylic acids is 3. The topological polar surface area (TPSA) is 207 Å². The number of nitrogens with one attached hydrogen (secondary N) is 4. The van der Waals surface area contributed by atoms with Crippen LogP contribution in [0.5, 0.6) is 0 Å². The molecule has 0 saturated carbocycles. The van der Waals surface area contributed by atoms with E-state index in [0.29, 0.717) is 53.0 Å². The molecular formula is C48H53N7O7S. The molecule has 0 saturated heterocycles. The van der Waals surface area contributed by atoms with Crippen molar-refractivity contribution in [2.45, 2.75) is 63.4 Å². The molecule has 0 radical (unpaired) electrons. The minimum absolute atomic E-state index is 0.0985. The molecule has 0 unspecified atom stereocenters. The Kier molecular flexibility index (Phi) is 15.1. The van der Waals surface area contributed by atoms with E-state index in [4.69, 9.17) is 10.2 Å². The molecule has 0 aliphatic carbocycles. The summed E-state index contributed by atoms with van der Waals surface area (Å²) in [6, 6.07) is 34.8. The molecule has 328 valence electrons. The minimum Gasteiger partial charge on any atom is -0.478 e. The maximum absolute atomic E-state index is 13.9. The number of carboxylic acid groups (broad SMARTS) is 1. The number of aromatic nitrogens is 1. The van der Waals surface area contributed by atoms with Gasteiger partial charge in [-0.25, -0.2) is 23.1 Å². The number of rotatable bonds is 19. The number of H-pyrrole nitrogens is 1. The van der Waals surface area contributed by atoms with Gasteiger partial charge in [-0.1, -0.05) is 74.5 Å². The summed E-state index contributed by atoms with van der Waals surface area (Å²) in [6.07, 6.45) is 4.24. The maximum atomic E-state index is 13.9. The average Bonchev–Trinajstić information content (AvgIpc) is 3.64. The summed E-state index contributed by atoms with van der Waals surface area (Å²) in [5, 5.41) is 23.7. The predicted octanol–water partition coefficient (Wildman–Crippen LogP) is 8.35. The molecule has 0 bridgehead atoms. The van der Waals surface area contributed by atoms with Crippen LogP contribution in [-0.2, 0) is 29.4 Å². The van der Waals surface area contributed by atoms with Gasteiger partial charge in [-0.15, -0.1) is 0 Å². The zero-order valence-corrected chi connectivity index (χ0v) is 36.4. The van der Waals surface area contributed by atoms with Crippen molar-refractivity contribution in [2.75, 3.05) is 36.1 Å². The van der Waals surface area contributed by atoms with Crippen LogP contribution in [0.15, 0.2) is 126 Å². The number of aromatic carboxylic acids is 1. The number of benzene rings is 5. The van der Waals surface area contributed by atoms with Gasteiger partial charge in [0.15, 0.2) is 0 Å². The van der Waals surface area contributed by atoms with E-state index in [-0.39, 0.29) is 28.2 Å². The van der Waals surface area contributed by atoms with Crippen LogP contribution in [0.1, 0.15) is 80.9 Å². The van der Waals surface area contributed by atoms with Crippen molar-refractivity contribution in [1.29, 1.82) is 0 Å². The number of hydrogen-bond acceptors (Lipinski definition) is 7. The molecule has 0 atom stereocenters. The number of likely N-dealkylation sites (N-methyl/N-ethyl adjacent to an activating group) is 1. The van der Waals surface area contributed by atoms with Crippen LogP contribution in [0.2, 0.25) is 0 Å². The molecule has 0 spiro atoms. The van der Waals surface area contributed by atoms with Gasteiger partial charge in [0.2, 0.25) is 10.0 Å². The standard InChI is InChI=1S/C48H53N7O7S/c1-4-39(5-2)55(28-27-54(3)48(60)51-38-15-10-16-40(30-38)63(49,61)62)31-34-13-9-14-36(29-34)45(56)53-44-43(41-17-6-7-18-42(41)52-44)46(57)50-37-25-21-33(22-26-37)12-8-11-32-19-23-35(24-20-32)47(58)59/h6-7,9-10,13-26,29-30,39,52H,4-5,8,11-12,27-28,31H2,1-3H3,(H,50,57)(H,51,60)(H,53,56)(H,58,59)(H2,49,61,62). The summed E-state index contributed by atoms with van der Waals surface area (Å²) in [6.45, 7) is 5.65. The number of nitrogens with zero attached hydrogens (tertiary/aromatic N) is 2. The zero-order valence-electron chi connectivity index (χ0n) is 35.6. The van der Waals surface area contributed by atoms with Crippen molar-refractivity contribution >= 4 is 61.9 Å². The van der Waals surface area contributed by atoms with Crippen molar-refractivity contribution in [3.05, 3.63) is 155 Å². The fraction of sp³-hybridized carbons (Fsp3) is 0.250. The molecule has 6 rings (SSSR count). The highest BCUT2D eigenvalue weighted by Crippen LogP contribution is 2.28. The zero-order chi connectivity index (χ0) is 45.1. The van der Waals surface area contributed by atoms with Gasteiger partial charge in [-0.3, -0.25) is 14.5 Å². The Morgan fingerprint density at radius 2 is 1.37 bits per heavy atom. The van der Waals surface area contributed by atoms with Gasteiger partial charge < -0.3 is 30.9 Å². The Balaban J connectivity index is 1.09. The van der Waals surface area contributed by atoms with E-state index in [0.717, 1.165) is 48.8 Å². The number of carbonyl (C=O) groups is 4. The molecule has 15 heteroatoms. The Bertz CT molecular complexity index is 2680. The van der Waals surface area contributed by atoms with Crippen LogP contribution in [0.4, 0.5) is 22.0 Å². The molecule has 0 fully saturated rings. The average molecular weight is 872 g/mol. The number of aromatic amines is 1. The van der Waals surface area contributed by atoms with Gasteiger partial charge in [0, 0.05) is 60.6 Å². The Morgan fingerprint density at radius 3 is 2.03 bits per heavy atom. The molecular weight excluding hydrogens is 819 g/mol. The number of primary sulfonamides is 1. The quantitative estimate of drug-likeness (QED) is 0.0465. The second kappa shape index (κ2) is 20.8. The molecule has 63 heavy (non-hydrogen) atoms. The number of urea groups is 1. The highest BCUT2D eigenvalue weighted by atomic mass is 32.2. The van der Waals surface area contributed by atoms with Gasteiger partial charge in [0.1, 0.15) is 5.82 Å². The molecule has 4 amide bonds. The number of fused-ring (bicyclic) bond motifs is 1. The number of carboxylic acids is 1. The largest absolute Gasteiger partial charge is 0.478 e. The van der Waals surface area contributed by atoms with E-state index >= 15 is 0 Å². The van der Waals surface area contributed by atoms with Gasteiger partial charge in [-0.05, 0) is 109 Å². The van der Waals surface area contributed by atoms with E-state index in [1.54, 1.807) is 31.3 Å². The van der Waals surface area contributed by atoms with Crippen molar-refractivity contribution < 1.29 is 32.7 Å². The molecule has 6 aromatic rings. The van der Waals surface area contributed by atoms with Gasteiger partial charge in [-0.2, -0.15) is 0 Å². The highest BCUT2D eigenvalue weighted by Gasteiger charge is 2.23. The molecule has 0 aliphatic rings.